The van der Waals surface area contributed by atoms with Crippen molar-refractivity contribution in [1.82, 2.24) is 10.2 Å². The number of hydrogen-bond donors (Lipinski definition) is 1. The summed E-state index contributed by atoms with van der Waals surface area (Å²) in [6.07, 6.45) is 8.65. The molecular weight excluding hydrogens is 220 g/mol. The summed E-state index contributed by atoms with van der Waals surface area (Å²) in [7, 11) is 2.12. The molecule has 2 rings (SSSR count). The molecule has 3 atom stereocenters. The van der Waals surface area contributed by atoms with Gasteiger partial charge in [-0.25, -0.2) is 0 Å². The molecule has 18 heavy (non-hydrogen) atoms. The molecule has 0 amide bonds. The lowest BCUT2D eigenvalue weighted by Crippen LogP contribution is -2.46. The van der Waals surface area contributed by atoms with E-state index in [9.17, 15) is 0 Å². The highest BCUT2D eigenvalue weighted by atomic mass is 15.2. The van der Waals surface area contributed by atoms with Crippen molar-refractivity contribution in [1.29, 1.82) is 0 Å². The van der Waals surface area contributed by atoms with Crippen molar-refractivity contribution >= 4 is 0 Å². The predicted octanol–water partition coefficient (Wildman–Crippen LogP) is 3.28. The molecule has 106 valence electrons. The Labute approximate surface area is 114 Å². The quantitative estimate of drug-likeness (QED) is 0.826. The molecule has 0 bridgehead atoms. The summed E-state index contributed by atoms with van der Waals surface area (Å²) < 4.78 is 0. The molecule has 0 aromatic heterocycles. The molecule has 0 aromatic rings. The van der Waals surface area contributed by atoms with Gasteiger partial charge in [0.1, 0.15) is 0 Å². The normalized spacial score (nSPS) is 31.3. The summed E-state index contributed by atoms with van der Waals surface area (Å²) in [6, 6.07) is 1.57. The maximum atomic E-state index is 3.51. The van der Waals surface area contributed by atoms with Gasteiger partial charge >= 0.3 is 0 Å². The van der Waals surface area contributed by atoms with Crippen LogP contribution in [0.4, 0.5) is 0 Å². The maximum absolute atomic E-state index is 3.51. The minimum Gasteiger partial charge on any atom is -0.316 e. The molecule has 0 spiro atoms. The number of piperidine rings is 1. The first-order valence-corrected chi connectivity index (χ1v) is 7.93. The SMILES string of the molecule is CNC(CCN1CCCC2CCCC21)C(C)(C)C. The Morgan fingerprint density at radius 2 is 1.89 bits per heavy atom. The van der Waals surface area contributed by atoms with Crippen molar-refractivity contribution < 1.29 is 0 Å². The van der Waals surface area contributed by atoms with E-state index in [1.165, 1.54) is 51.6 Å². The Morgan fingerprint density at radius 3 is 2.56 bits per heavy atom. The van der Waals surface area contributed by atoms with Crippen LogP contribution in [0.3, 0.4) is 0 Å². The summed E-state index contributed by atoms with van der Waals surface area (Å²) >= 11 is 0. The van der Waals surface area contributed by atoms with E-state index in [0.29, 0.717) is 11.5 Å². The third-order valence-electron chi connectivity index (χ3n) is 5.21. The second-order valence-corrected chi connectivity index (χ2v) is 7.43. The first-order chi connectivity index (χ1) is 8.52. The molecule has 1 saturated heterocycles. The van der Waals surface area contributed by atoms with Crippen LogP contribution in [-0.4, -0.2) is 37.1 Å². The van der Waals surface area contributed by atoms with Gasteiger partial charge in [0.05, 0.1) is 0 Å². The van der Waals surface area contributed by atoms with E-state index < -0.39 is 0 Å². The zero-order chi connectivity index (χ0) is 13.2. The van der Waals surface area contributed by atoms with Gasteiger partial charge < -0.3 is 10.2 Å². The second-order valence-electron chi connectivity index (χ2n) is 7.43. The van der Waals surface area contributed by atoms with E-state index >= 15 is 0 Å². The predicted molar refractivity (Wildman–Crippen MR) is 78.9 cm³/mol. The minimum absolute atomic E-state index is 0.375. The van der Waals surface area contributed by atoms with Crippen LogP contribution in [0.15, 0.2) is 0 Å². The molecule has 0 radical (unpaired) electrons. The summed E-state index contributed by atoms with van der Waals surface area (Å²) in [6.45, 7) is 9.69. The molecule has 1 aliphatic carbocycles. The van der Waals surface area contributed by atoms with Crippen LogP contribution in [0.1, 0.15) is 59.3 Å². The van der Waals surface area contributed by atoms with Gasteiger partial charge in [-0.1, -0.05) is 27.2 Å². The number of hydrogen-bond acceptors (Lipinski definition) is 2. The van der Waals surface area contributed by atoms with Gasteiger partial charge in [-0.15, -0.1) is 0 Å². The van der Waals surface area contributed by atoms with Gasteiger partial charge in [-0.3, -0.25) is 0 Å². The summed E-state index contributed by atoms with van der Waals surface area (Å²) in [5.41, 5.74) is 0.375. The average molecular weight is 252 g/mol. The van der Waals surface area contributed by atoms with Crippen LogP contribution in [0.5, 0.6) is 0 Å². The first-order valence-electron chi connectivity index (χ1n) is 7.93. The minimum atomic E-state index is 0.375. The Hall–Kier alpha value is -0.0800. The molecule has 1 heterocycles. The van der Waals surface area contributed by atoms with Crippen molar-refractivity contribution in [2.24, 2.45) is 11.3 Å². The van der Waals surface area contributed by atoms with Crippen LogP contribution in [0.25, 0.3) is 0 Å². The lowest BCUT2D eigenvalue weighted by Gasteiger charge is -2.40. The Kier molecular flexibility index (Phi) is 4.71. The molecule has 1 saturated carbocycles. The molecular formula is C16H32N2. The van der Waals surface area contributed by atoms with E-state index in [4.69, 9.17) is 0 Å². The Balaban J connectivity index is 1.85. The van der Waals surface area contributed by atoms with Crippen molar-refractivity contribution in [3.8, 4) is 0 Å². The van der Waals surface area contributed by atoms with Gasteiger partial charge in [0.15, 0.2) is 0 Å². The van der Waals surface area contributed by atoms with Gasteiger partial charge in [0.2, 0.25) is 0 Å². The first kappa shape index (κ1) is 14.3. The molecule has 3 unspecified atom stereocenters. The molecule has 0 aromatic carbocycles. The monoisotopic (exact) mass is 252 g/mol. The van der Waals surface area contributed by atoms with Crippen molar-refractivity contribution in [3.05, 3.63) is 0 Å². The van der Waals surface area contributed by atoms with Crippen LogP contribution in [0, 0.1) is 11.3 Å². The molecule has 1 N–H and O–H groups in total. The van der Waals surface area contributed by atoms with Crippen LogP contribution in [0.2, 0.25) is 0 Å². The Morgan fingerprint density at radius 1 is 1.17 bits per heavy atom. The highest BCUT2D eigenvalue weighted by Gasteiger charge is 2.35. The lowest BCUT2D eigenvalue weighted by molar-refractivity contribution is 0.101. The van der Waals surface area contributed by atoms with Crippen molar-refractivity contribution in [2.45, 2.75) is 71.4 Å². The highest BCUT2D eigenvalue weighted by molar-refractivity contribution is 4.90. The molecule has 2 nitrogen and oxygen atoms in total. The lowest BCUT2D eigenvalue weighted by atomic mass is 9.84. The highest BCUT2D eigenvalue weighted by Crippen LogP contribution is 2.37. The van der Waals surface area contributed by atoms with Gasteiger partial charge in [0, 0.05) is 12.1 Å². The summed E-state index contributed by atoms with van der Waals surface area (Å²) in [4.78, 5) is 2.80. The van der Waals surface area contributed by atoms with Crippen molar-refractivity contribution in [3.63, 3.8) is 0 Å². The van der Waals surface area contributed by atoms with E-state index in [1.54, 1.807) is 0 Å². The number of fused-ring (bicyclic) bond motifs is 1. The van der Waals surface area contributed by atoms with Crippen LogP contribution in [-0.2, 0) is 0 Å². The van der Waals surface area contributed by atoms with E-state index in [0.717, 1.165) is 12.0 Å². The Bertz CT molecular complexity index is 256. The summed E-state index contributed by atoms with van der Waals surface area (Å²) in [5, 5.41) is 3.51. The molecule has 1 aliphatic heterocycles. The fourth-order valence-corrected chi connectivity index (χ4v) is 4.14. The van der Waals surface area contributed by atoms with E-state index in [2.05, 4.69) is 38.0 Å². The van der Waals surface area contributed by atoms with E-state index in [-0.39, 0.29) is 0 Å². The third-order valence-corrected chi connectivity index (χ3v) is 5.21. The number of nitrogens with one attached hydrogen (secondary N) is 1. The summed E-state index contributed by atoms with van der Waals surface area (Å²) in [5.74, 6) is 1.03. The standard InChI is InChI=1S/C16H32N2/c1-16(2,3)15(17-4)10-12-18-11-6-8-13-7-5-9-14(13)18/h13-15,17H,5-12H2,1-4H3. The molecule has 2 fully saturated rings. The zero-order valence-electron chi connectivity index (χ0n) is 12.8. The van der Waals surface area contributed by atoms with Crippen molar-refractivity contribution in [2.75, 3.05) is 20.1 Å². The average Bonchev–Trinajstić information content (AvgIpc) is 2.76. The molecule has 2 aliphatic rings. The van der Waals surface area contributed by atoms with Crippen LogP contribution >= 0.6 is 0 Å². The fourth-order valence-electron chi connectivity index (χ4n) is 4.14. The maximum Gasteiger partial charge on any atom is 0.0125 e. The second kappa shape index (κ2) is 5.92. The van der Waals surface area contributed by atoms with Crippen LogP contribution < -0.4 is 5.32 Å². The topological polar surface area (TPSA) is 15.3 Å². The van der Waals surface area contributed by atoms with Gasteiger partial charge in [-0.05, 0) is 63.6 Å². The fraction of sp³-hybridized carbons (Fsp3) is 1.00. The smallest absolute Gasteiger partial charge is 0.0125 e. The number of likely N-dealkylation sites (tertiary alicyclic amines) is 1. The largest absolute Gasteiger partial charge is 0.316 e. The van der Waals surface area contributed by atoms with Gasteiger partial charge in [-0.2, -0.15) is 0 Å². The zero-order valence-corrected chi connectivity index (χ0v) is 12.8. The number of rotatable bonds is 4. The molecule has 2 heteroatoms. The van der Waals surface area contributed by atoms with E-state index in [1.807, 2.05) is 0 Å². The van der Waals surface area contributed by atoms with Gasteiger partial charge in [0.25, 0.3) is 0 Å². The number of nitrogens with zero attached hydrogens (tertiary/aromatic N) is 1. The third kappa shape index (κ3) is 3.27.